The van der Waals surface area contributed by atoms with Crippen molar-refractivity contribution >= 4 is 14.0 Å². The zero-order valence-electron chi connectivity index (χ0n) is 12.3. The SMILES string of the molecule is COc1ccc(CC(=O)OC[Si](C)(C)C)cc1OC. The molecule has 0 heterocycles. The van der Waals surface area contributed by atoms with E-state index in [0.717, 1.165) is 5.56 Å². The van der Waals surface area contributed by atoms with Crippen molar-refractivity contribution < 1.29 is 19.0 Å². The fraction of sp³-hybridized carbons (Fsp3) is 0.500. The standard InChI is InChI=1S/C14H22O4Si/c1-16-12-7-6-11(8-13(12)17-2)9-14(15)18-10-19(3,4)5/h6-8H,9-10H2,1-5H3. The minimum absolute atomic E-state index is 0.199. The number of methoxy groups -OCH3 is 2. The van der Waals surface area contributed by atoms with Crippen LogP contribution in [0.25, 0.3) is 0 Å². The summed E-state index contributed by atoms with van der Waals surface area (Å²) < 4.78 is 15.6. The molecule has 19 heavy (non-hydrogen) atoms. The first kappa shape index (κ1) is 15.6. The Morgan fingerprint density at radius 3 is 2.26 bits per heavy atom. The van der Waals surface area contributed by atoms with Gasteiger partial charge in [-0.15, -0.1) is 0 Å². The fourth-order valence-corrected chi connectivity index (χ4v) is 2.10. The lowest BCUT2D eigenvalue weighted by Crippen LogP contribution is -2.30. The molecule has 0 radical (unpaired) electrons. The Kier molecular flexibility index (Phi) is 5.41. The minimum Gasteiger partial charge on any atom is -0.493 e. The first-order valence-electron chi connectivity index (χ1n) is 6.22. The van der Waals surface area contributed by atoms with Gasteiger partial charge in [-0.1, -0.05) is 25.7 Å². The largest absolute Gasteiger partial charge is 0.493 e. The summed E-state index contributed by atoms with van der Waals surface area (Å²) in [5, 5.41) is 0. The summed E-state index contributed by atoms with van der Waals surface area (Å²) in [4.78, 5) is 11.7. The highest BCUT2D eigenvalue weighted by Crippen LogP contribution is 2.27. The van der Waals surface area contributed by atoms with E-state index >= 15 is 0 Å². The molecule has 0 aliphatic heterocycles. The first-order valence-corrected chi connectivity index (χ1v) is 9.93. The summed E-state index contributed by atoms with van der Waals surface area (Å²) in [6, 6.07) is 5.44. The molecule has 0 amide bonds. The van der Waals surface area contributed by atoms with Gasteiger partial charge in [0.1, 0.15) is 0 Å². The number of carbonyl (C=O) groups excluding carboxylic acids is 1. The zero-order valence-corrected chi connectivity index (χ0v) is 13.3. The second kappa shape index (κ2) is 6.61. The predicted molar refractivity (Wildman–Crippen MR) is 77.6 cm³/mol. The molecule has 0 aliphatic carbocycles. The Morgan fingerprint density at radius 1 is 1.11 bits per heavy atom. The molecule has 1 aromatic carbocycles. The number of rotatable bonds is 6. The van der Waals surface area contributed by atoms with Crippen LogP contribution < -0.4 is 9.47 Å². The normalized spacial score (nSPS) is 11.0. The molecule has 106 valence electrons. The van der Waals surface area contributed by atoms with Gasteiger partial charge in [0.25, 0.3) is 0 Å². The van der Waals surface area contributed by atoms with E-state index in [-0.39, 0.29) is 12.4 Å². The van der Waals surface area contributed by atoms with Gasteiger partial charge in [0.05, 0.1) is 34.9 Å². The van der Waals surface area contributed by atoms with Gasteiger partial charge in [0.15, 0.2) is 11.5 Å². The van der Waals surface area contributed by atoms with Gasteiger partial charge in [-0.05, 0) is 17.7 Å². The van der Waals surface area contributed by atoms with Crippen LogP contribution in [0.4, 0.5) is 0 Å². The summed E-state index contributed by atoms with van der Waals surface area (Å²) >= 11 is 0. The number of benzene rings is 1. The summed E-state index contributed by atoms with van der Waals surface area (Å²) in [6.07, 6.45) is 0.809. The average molecular weight is 282 g/mol. The van der Waals surface area contributed by atoms with E-state index in [1.165, 1.54) is 0 Å². The second-order valence-electron chi connectivity index (χ2n) is 5.59. The lowest BCUT2D eigenvalue weighted by Gasteiger charge is -2.15. The van der Waals surface area contributed by atoms with Gasteiger partial charge in [-0.2, -0.15) is 0 Å². The van der Waals surface area contributed by atoms with Crippen LogP contribution in [0.3, 0.4) is 0 Å². The summed E-state index contributed by atoms with van der Waals surface area (Å²) in [6.45, 7) is 6.49. The van der Waals surface area contributed by atoms with Crippen molar-refractivity contribution in [3.05, 3.63) is 23.8 Å². The fourth-order valence-electron chi connectivity index (χ4n) is 1.51. The van der Waals surface area contributed by atoms with E-state index in [4.69, 9.17) is 14.2 Å². The van der Waals surface area contributed by atoms with Gasteiger partial charge in [0.2, 0.25) is 0 Å². The van der Waals surface area contributed by atoms with E-state index in [9.17, 15) is 4.79 Å². The van der Waals surface area contributed by atoms with Crippen molar-refractivity contribution in [1.82, 2.24) is 0 Å². The zero-order chi connectivity index (χ0) is 14.5. The number of hydrogen-bond donors (Lipinski definition) is 0. The van der Waals surface area contributed by atoms with Crippen LogP contribution in [0, 0.1) is 0 Å². The maximum atomic E-state index is 11.7. The van der Waals surface area contributed by atoms with Crippen molar-refractivity contribution in [2.75, 3.05) is 20.4 Å². The Morgan fingerprint density at radius 2 is 1.74 bits per heavy atom. The van der Waals surface area contributed by atoms with Crippen LogP contribution in [0.5, 0.6) is 11.5 Å². The molecule has 0 fully saturated rings. The van der Waals surface area contributed by atoms with E-state index in [1.807, 2.05) is 6.07 Å². The van der Waals surface area contributed by atoms with Crippen LogP contribution in [0.2, 0.25) is 19.6 Å². The molecule has 0 saturated heterocycles. The molecule has 0 aromatic heterocycles. The Hall–Kier alpha value is -1.49. The molecule has 0 atom stereocenters. The molecule has 0 unspecified atom stereocenters. The van der Waals surface area contributed by atoms with Gasteiger partial charge in [-0.3, -0.25) is 4.79 Å². The lowest BCUT2D eigenvalue weighted by atomic mass is 10.1. The molecule has 0 spiro atoms. The summed E-state index contributed by atoms with van der Waals surface area (Å²) in [7, 11) is 1.80. The van der Waals surface area contributed by atoms with Crippen LogP contribution in [-0.2, 0) is 16.0 Å². The maximum Gasteiger partial charge on any atom is 0.309 e. The van der Waals surface area contributed by atoms with Crippen molar-refractivity contribution in [2.45, 2.75) is 26.1 Å². The van der Waals surface area contributed by atoms with Crippen LogP contribution in [-0.4, -0.2) is 34.5 Å². The first-order chi connectivity index (χ1) is 8.85. The third kappa shape index (κ3) is 5.34. The summed E-state index contributed by atoms with van der Waals surface area (Å²) in [5.74, 6) is 1.08. The molecule has 0 N–H and O–H groups in total. The molecule has 0 bridgehead atoms. The lowest BCUT2D eigenvalue weighted by molar-refractivity contribution is -0.141. The highest BCUT2D eigenvalue weighted by atomic mass is 28.3. The quantitative estimate of drug-likeness (QED) is 0.594. The van der Waals surface area contributed by atoms with Crippen LogP contribution in [0.1, 0.15) is 5.56 Å². The molecule has 4 nitrogen and oxygen atoms in total. The third-order valence-corrected chi connectivity index (χ3v) is 3.47. The van der Waals surface area contributed by atoms with E-state index < -0.39 is 8.07 Å². The highest BCUT2D eigenvalue weighted by Gasteiger charge is 2.16. The monoisotopic (exact) mass is 282 g/mol. The highest BCUT2D eigenvalue weighted by molar-refractivity contribution is 6.76. The van der Waals surface area contributed by atoms with Gasteiger partial charge >= 0.3 is 5.97 Å². The average Bonchev–Trinajstić information content (AvgIpc) is 2.35. The van der Waals surface area contributed by atoms with Crippen molar-refractivity contribution in [3.8, 4) is 11.5 Å². The smallest absolute Gasteiger partial charge is 0.309 e. The predicted octanol–water partition coefficient (Wildman–Crippen LogP) is 2.67. The molecular weight excluding hydrogens is 260 g/mol. The van der Waals surface area contributed by atoms with Crippen LogP contribution >= 0.6 is 0 Å². The molecule has 0 saturated carbocycles. The van der Waals surface area contributed by atoms with Crippen LogP contribution in [0.15, 0.2) is 18.2 Å². The molecule has 0 aliphatic rings. The Labute approximate surface area is 115 Å². The van der Waals surface area contributed by atoms with Crippen molar-refractivity contribution in [1.29, 1.82) is 0 Å². The molecule has 1 rings (SSSR count). The van der Waals surface area contributed by atoms with Gasteiger partial charge < -0.3 is 14.2 Å². The van der Waals surface area contributed by atoms with E-state index in [0.29, 0.717) is 17.7 Å². The number of carbonyl (C=O) groups is 1. The summed E-state index contributed by atoms with van der Waals surface area (Å²) in [5.41, 5.74) is 0.859. The Balaban J connectivity index is 2.64. The third-order valence-electron chi connectivity index (χ3n) is 2.46. The Bertz CT molecular complexity index is 438. The second-order valence-corrected chi connectivity index (χ2v) is 11.0. The molecular formula is C14H22O4Si. The van der Waals surface area contributed by atoms with Gasteiger partial charge in [-0.25, -0.2) is 0 Å². The number of esters is 1. The molecule has 1 aromatic rings. The van der Waals surface area contributed by atoms with E-state index in [2.05, 4.69) is 19.6 Å². The van der Waals surface area contributed by atoms with Crippen molar-refractivity contribution in [2.24, 2.45) is 0 Å². The topological polar surface area (TPSA) is 44.8 Å². The maximum absolute atomic E-state index is 11.7. The van der Waals surface area contributed by atoms with Gasteiger partial charge in [0, 0.05) is 0 Å². The number of hydrogen-bond acceptors (Lipinski definition) is 4. The van der Waals surface area contributed by atoms with Crippen molar-refractivity contribution in [3.63, 3.8) is 0 Å². The minimum atomic E-state index is -1.36. The number of ether oxygens (including phenoxy) is 3. The molecule has 5 heteroatoms. The van der Waals surface area contributed by atoms with E-state index in [1.54, 1.807) is 26.4 Å².